The molecule has 1 aliphatic rings. The Bertz CT molecular complexity index is 1230. The third kappa shape index (κ3) is 4.92. The second-order valence-electron chi connectivity index (χ2n) is 7.83. The molecule has 1 aromatic heterocycles. The van der Waals surface area contributed by atoms with Crippen LogP contribution in [0, 0.1) is 21.8 Å². The maximum atomic E-state index is 14.3. The molecule has 11 heteroatoms. The number of nitro groups is 1. The number of nitro benzene ring substituents is 1. The number of methoxy groups -OCH3 is 1. The minimum absolute atomic E-state index is 0.162. The van der Waals surface area contributed by atoms with E-state index < -0.39 is 16.8 Å². The van der Waals surface area contributed by atoms with Crippen LogP contribution in [0.3, 0.4) is 0 Å². The topological polar surface area (TPSA) is 124 Å². The number of amides is 1. The molecule has 0 radical (unpaired) electrons. The van der Waals surface area contributed by atoms with E-state index in [0.717, 1.165) is 12.1 Å². The number of pyridine rings is 1. The molecule has 1 aliphatic heterocycles. The molecule has 2 heterocycles. The van der Waals surface area contributed by atoms with Gasteiger partial charge < -0.3 is 24.2 Å². The third-order valence-electron chi connectivity index (χ3n) is 5.69. The van der Waals surface area contributed by atoms with Crippen molar-refractivity contribution < 1.29 is 33.4 Å². The highest BCUT2D eigenvalue weighted by Gasteiger charge is 2.23. The first-order chi connectivity index (χ1) is 16.4. The summed E-state index contributed by atoms with van der Waals surface area (Å²) in [5.41, 5.74) is 0.151. The van der Waals surface area contributed by atoms with Gasteiger partial charge in [-0.25, -0.2) is 9.18 Å². The molecule has 1 fully saturated rings. The van der Waals surface area contributed by atoms with Crippen LogP contribution in [0.2, 0.25) is 0 Å². The molecule has 3 aromatic rings. The molecule has 0 bridgehead atoms. The average molecular weight is 471 g/mol. The van der Waals surface area contributed by atoms with Gasteiger partial charge in [-0.3, -0.25) is 15.1 Å². The number of halogens is 1. The molecule has 10 nitrogen and oxygen atoms in total. The Labute approximate surface area is 193 Å². The number of rotatable bonds is 7. The van der Waals surface area contributed by atoms with Crippen molar-refractivity contribution in [3.8, 4) is 23.0 Å². The van der Waals surface area contributed by atoms with Crippen molar-refractivity contribution in [1.82, 2.24) is 9.88 Å². The lowest BCUT2D eigenvalue weighted by Gasteiger charge is -2.29. The van der Waals surface area contributed by atoms with Gasteiger partial charge >= 0.3 is 6.09 Å². The van der Waals surface area contributed by atoms with Crippen LogP contribution in [0.25, 0.3) is 10.9 Å². The molecule has 34 heavy (non-hydrogen) atoms. The molecule has 2 aromatic carbocycles. The Balaban J connectivity index is 1.53. The number of piperidine rings is 1. The van der Waals surface area contributed by atoms with E-state index in [0.29, 0.717) is 60.7 Å². The van der Waals surface area contributed by atoms with Crippen molar-refractivity contribution in [2.75, 3.05) is 26.8 Å². The summed E-state index contributed by atoms with van der Waals surface area (Å²) in [4.78, 5) is 26.9. The van der Waals surface area contributed by atoms with Gasteiger partial charge in [0.25, 0.3) is 5.69 Å². The highest BCUT2D eigenvalue weighted by atomic mass is 19.1. The zero-order valence-electron chi connectivity index (χ0n) is 18.3. The molecular weight excluding hydrogens is 449 g/mol. The van der Waals surface area contributed by atoms with Crippen LogP contribution in [-0.4, -0.2) is 52.8 Å². The number of hydrogen-bond acceptors (Lipinski definition) is 7. The smallest absolute Gasteiger partial charge is 0.407 e. The standard InChI is InChI=1S/C23H22FN3O7/c1-32-21-11-16-18(12-22(21)33-13-14-5-8-26(9-6-14)23(28)29)25-7-4-19(16)34-20-3-2-15(27(30)31)10-17(20)24/h2-4,7,10-12,14H,5-6,8-9,13H2,1H3,(H,28,29). The zero-order chi connectivity index (χ0) is 24.2. The van der Waals surface area contributed by atoms with Gasteiger partial charge in [0, 0.05) is 36.8 Å². The highest BCUT2D eigenvalue weighted by molar-refractivity contribution is 5.88. The number of aromatic nitrogens is 1. The average Bonchev–Trinajstić information content (AvgIpc) is 2.83. The molecule has 1 N–H and O–H groups in total. The van der Waals surface area contributed by atoms with E-state index in [-0.39, 0.29) is 17.4 Å². The Morgan fingerprint density at radius 3 is 2.59 bits per heavy atom. The number of nitrogens with zero attached hydrogens (tertiary/aromatic N) is 3. The number of carbonyl (C=O) groups is 1. The predicted molar refractivity (Wildman–Crippen MR) is 119 cm³/mol. The molecule has 4 rings (SSSR count). The summed E-state index contributed by atoms with van der Waals surface area (Å²) >= 11 is 0. The van der Waals surface area contributed by atoms with Crippen LogP contribution in [0.5, 0.6) is 23.0 Å². The van der Waals surface area contributed by atoms with Gasteiger partial charge in [-0.05, 0) is 37.0 Å². The lowest BCUT2D eigenvalue weighted by Crippen LogP contribution is -2.38. The maximum Gasteiger partial charge on any atom is 0.407 e. The Morgan fingerprint density at radius 1 is 1.18 bits per heavy atom. The molecule has 1 amide bonds. The van der Waals surface area contributed by atoms with E-state index in [9.17, 15) is 19.3 Å². The molecule has 1 saturated heterocycles. The van der Waals surface area contributed by atoms with Crippen LogP contribution in [-0.2, 0) is 0 Å². The second kappa shape index (κ2) is 9.77. The van der Waals surface area contributed by atoms with Gasteiger partial charge in [-0.1, -0.05) is 0 Å². The van der Waals surface area contributed by atoms with Crippen molar-refractivity contribution in [3.63, 3.8) is 0 Å². The number of ether oxygens (including phenoxy) is 3. The molecule has 178 valence electrons. The van der Waals surface area contributed by atoms with Crippen LogP contribution < -0.4 is 14.2 Å². The number of carboxylic acid groups (broad SMARTS) is 1. The third-order valence-corrected chi connectivity index (χ3v) is 5.69. The first-order valence-corrected chi connectivity index (χ1v) is 10.5. The van der Waals surface area contributed by atoms with Crippen molar-refractivity contribution in [1.29, 1.82) is 0 Å². The number of fused-ring (bicyclic) bond motifs is 1. The summed E-state index contributed by atoms with van der Waals surface area (Å²) in [6.45, 7) is 1.35. The summed E-state index contributed by atoms with van der Waals surface area (Å²) in [6.07, 6.45) is 2.00. The number of non-ortho nitro benzene ring substituents is 1. The Morgan fingerprint density at radius 2 is 1.94 bits per heavy atom. The fraction of sp³-hybridized carbons (Fsp3) is 0.304. The van der Waals surface area contributed by atoms with Gasteiger partial charge in [0.15, 0.2) is 23.1 Å². The van der Waals surface area contributed by atoms with Gasteiger partial charge in [-0.2, -0.15) is 0 Å². The second-order valence-corrected chi connectivity index (χ2v) is 7.83. The fourth-order valence-corrected chi connectivity index (χ4v) is 3.79. The van der Waals surface area contributed by atoms with Crippen LogP contribution in [0.15, 0.2) is 42.6 Å². The van der Waals surface area contributed by atoms with Gasteiger partial charge in [0.05, 0.1) is 30.2 Å². The van der Waals surface area contributed by atoms with E-state index in [4.69, 9.17) is 19.3 Å². The van der Waals surface area contributed by atoms with Gasteiger partial charge in [0.2, 0.25) is 0 Å². The van der Waals surface area contributed by atoms with E-state index in [1.54, 1.807) is 18.2 Å². The first-order valence-electron chi connectivity index (χ1n) is 10.5. The lowest BCUT2D eigenvalue weighted by atomic mass is 9.98. The van der Waals surface area contributed by atoms with Gasteiger partial charge in [0.1, 0.15) is 5.75 Å². The predicted octanol–water partition coefficient (Wildman–Crippen LogP) is 4.85. The van der Waals surface area contributed by atoms with E-state index in [2.05, 4.69) is 4.98 Å². The summed E-state index contributed by atoms with van der Waals surface area (Å²) in [5, 5.41) is 20.5. The molecular formula is C23H22FN3O7. The van der Waals surface area contributed by atoms with E-state index >= 15 is 0 Å². The molecule has 0 aliphatic carbocycles. The van der Waals surface area contributed by atoms with E-state index in [1.807, 2.05) is 0 Å². The summed E-state index contributed by atoms with van der Waals surface area (Å²) in [6, 6.07) is 8.08. The Kier molecular flexibility index (Phi) is 6.62. The summed E-state index contributed by atoms with van der Waals surface area (Å²) in [5.74, 6) is 0.386. The first kappa shape index (κ1) is 23.0. The van der Waals surface area contributed by atoms with Crippen molar-refractivity contribution in [2.45, 2.75) is 12.8 Å². The van der Waals surface area contributed by atoms with Gasteiger partial charge in [-0.15, -0.1) is 0 Å². The van der Waals surface area contributed by atoms with Crippen LogP contribution in [0.1, 0.15) is 12.8 Å². The van der Waals surface area contributed by atoms with Crippen molar-refractivity contribution in [3.05, 3.63) is 58.5 Å². The minimum atomic E-state index is -0.909. The van der Waals surface area contributed by atoms with Crippen molar-refractivity contribution >= 4 is 22.7 Å². The summed E-state index contributed by atoms with van der Waals surface area (Å²) in [7, 11) is 1.49. The number of hydrogen-bond donors (Lipinski definition) is 1. The summed E-state index contributed by atoms with van der Waals surface area (Å²) < 4.78 is 31.5. The van der Waals surface area contributed by atoms with Crippen LogP contribution in [0.4, 0.5) is 14.9 Å². The number of benzene rings is 2. The molecule has 0 saturated carbocycles. The normalized spacial score (nSPS) is 14.1. The van der Waals surface area contributed by atoms with Crippen molar-refractivity contribution in [2.24, 2.45) is 5.92 Å². The quantitative estimate of drug-likeness (QED) is 0.383. The number of likely N-dealkylation sites (tertiary alicyclic amines) is 1. The monoisotopic (exact) mass is 471 g/mol. The molecule has 0 atom stereocenters. The maximum absolute atomic E-state index is 14.3. The molecule has 0 unspecified atom stereocenters. The largest absolute Gasteiger partial charge is 0.493 e. The fourth-order valence-electron chi connectivity index (χ4n) is 3.79. The highest BCUT2D eigenvalue weighted by Crippen LogP contribution is 2.38. The zero-order valence-corrected chi connectivity index (χ0v) is 18.3. The lowest BCUT2D eigenvalue weighted by molar-refractivity contribution is -0.385. The Hall–Kier alpha value is -4.15. The van der Waals surface area contributed by atoms with Crippen LogP contribution >= 0.6 is 0 Å². The minimum Gasteiger partial charge on any atom is -0.493 e. The molecule has 0 spiro atoms. The SMILES string of the molecule is COc1cc2c(Oc3ccc([N+](=O)[O-])cc3F)ccnc2cc1OCC1CCN(C(=O)O)CC1. The van der Waals surface area contributed by atoms with E-state index in [1.165, 1.54) is 24.3 Å².